The molecule has 332 valence electrons. The Balaban J connectivity index is 1.19. The van der Waals surface area contributed by atoms with E-state index in [0.717, 1.165) is 22.3 Å². The van der Waals surface area contributed by atoms with Gasteiger partial charge in [0.1, 0.15) is 46.3 Å². The molecule has 0 saturated carbocycles. The van der Waals surface area contributed by atoms with Crippen molar-refractivity contribution in [3.05, 3.63) is 160 Å². The first-order valence-electron chi connectivity index (χ1n) is 20.4. The molecule has 13 nitrogen and oxygen atoms in total. The van der Waals surface area contributed by atoms with Crippen molar-refractivity contribution in [3.63, 3.8) is 0 Å². The summed E-state index contributed by atoms with van der Waals surface area (Å²) in [5.41, 5.74) is 0.529. The second-order valence-electron chi connectivity index (χ2n) is 16.4. The van der Waals surface area contributed by atoms with Crippen molar-refractivity contribution in [1.29, 1.82) is 0 Å². The van der Waals surface area contributed by atoms with Crippen LogP contribution in [-0.4, -0.2) is 80.7 Å². The number of halogens is 1. The van der Waals surface area contributed by atoms with Gasteiger partial charge in [0.25, 0.3) is 11.8 Å². The van der Waals surface area contributed by atoms with Gasteiger partial charge in [-0.05, 0) is 74.6 Å². The van der Waals surface area contributed by atoms with Crippen LogP contribution in [0, 0.1) is 0 Å². The summed E-state index contributed by atoms with van der Waals surface area (Å²) in [6.45, 7) is 8.09. The minimum Gasteiger partial charge on any atom is -0.497 e. The number of methoxy groups -OCH3 is 1. The molecule has 64 heavy (non-hydrogen) atoms. The highest BCUT2D eigenvalue weighted by Gasteiger charge is 2.55. The number of carbonyl (C=O) groups excluding carboxylic acids is 4. The van der Waals surface area contributed by atoms with Crippen LogP contribution in [0.5, 0.6) is 5.75 Å². The number of oxime groups is 1. The highest BCUT2D eigenvalue weighted by Crippen LogP contribution is 2.42. The van der Waals surface area contributed by atoms with Crippen LogP contribution in [0.4, 0.5) is 5.13 Å². The van der Waals surface area contributed by atoms with Gasteiger partial charge in [0.15, 0.2) is 10.8 Å². The van der Waals surface area contributed by atoms with Crippen molar-refractivity contribution in [3.8, 4) is 5.75 Å². The summed E-state index contributed by atoms with van der Waals surface area (Å²) in [6.07, 6.45) is 0. The average Bonchev–Trinajstić information content (AvgIpc) is 3.76. The van der Waals surface area contributed by atoms with Crippen LogP contribution < -0.4 is 15.4 Å². The highest BCUT2D eigenvalue weighted by atomic mass is 35.5. The Morgan fingerprint density at radius 1 is 0.859 bits per heavy atom. The third-order valence-electron chi connectivity index (χ3n) is 10.3. The summed E-state index contributed by atoms with van der Waals surface area (Å²) in [4.78, 5) is 67.3. The van der Waals surface area contributed by atoms with Crippen LogP contribution in [0.2, 0.25) is 0 Å². The van der Waals surface area contributed by atoms with E-state index in [4.69, 9.17) is 35.6 Å². The highest BCUT2D eigenvalue weighted by molar-refractivity contribution is 8.00. The molecule has 16 heteroatoms. The van der Waals surface area contributed by atoms with Crippen LogP contribution in [0.3, 0.4) is 0 Å². The molecule has 2 aliphatic rings. The number of β-lactam (4-membered cyclic amide) rings is 1. The maximum absolute atomic E-state index is 14.5. The van der Waals surface area contributed by atoms with Crippen molar-refractivity contribution in [2.45, 2.75) is 69.4 Å². The summed E-state index contributed by atoms with van der Waals surface area (Å²) in [7, 11) is 1.56. The molecule has 0 aliphatic carbocycles. The Labute approximate surface area is 385 Å². The number of hydrogen-bond donors (Lipinski definition) is 2. The first kappa shape index (κ1) is 45.9. The van der Waals surface area contributed by atoms with E-state index >= 15 is 0 Å². The number of carbonyl (C=O) groups is 4. The van der Waals surface area contributed by atoms with Crippen molar-refractivity contribution in [2.24, 2.45) is 5.16 Å². The number of anilines is 1. The predicted octanol–water partition coefficient (Wildman–Crippen LogP) is 8.03. The van der Waals surface area contributed by atoms with E-state index in [1.807, 2.05) is 91.0 Å². The third kappa shape index (κ3) is 9.81. The Morgan fingerprint density at radius 2 is 1.44 bits per heavy atom. The molecule has 0 radical (unpaired) electrons. The smallest absolute Gasteiger partial charge is 0.355 e. The molecule has 4 aromatic carbocycles. The lowest BCUT2D eigenvalue weighted by molar-refractivity contribution is -0.179. The molecule has 5 aromatic rings. The maximum atomic E-state index is 14.5. The number of rotatable bonds is 16. The first-order valence-corrected chi connectivity index (χ1v) is 22.9. The minimum absolute atomic E-state index is 0.00459. The number of alkyl halides is 1. The molecule has 0 unspecified atom stereocenters. The van der Waals surface area contributed by atoms with Crippen LogP contribution in [0.25, 0.3) is 0 Å². The summed E-state index contributed by atoms with van der Waals surface area (Å²) in [5, 5.41) is 12.2. The van der Waals surface area contributed by atoms with Crippen molar-refractivity contribution < 1.29 is 38.2 Å². The van der Waals surface area contributed by atoms with Gasteiger partial charge in [-0.25, -0.2) is 14.6 Å². The van der Waals surface area contributed by atoms with E-state index in [-0.39, 0.29) is 29.6 Å². The molecule has 0 bridgehead atoms. The quantitative estimate of drug-likeness (QED) is 0.0247. The van der Waals surface area contributed by atoms with Gasteiger partial charge in [-0.15, -0.1) is 34.7 Å². The number of hydrogen-bond acceptors (Lipinski definition) is 13. The SMILES string of the molecule is COc1ccc(COC(=O)C2=C(CCl)CS[C@@H]3[C@H](NC(=O)/C(=N\OC(C)(C)C(=O)OC(C)(C)C)c4csc(NC(c5ccccc5)(c5ccccc5)c5ccccc5)n4)C(=O)N23)cc1. The Morgan fingerprint density at radius 3 is 1.97 bits per heavy atom. The fourth-order valence-electron chi connectivity index (χ4n) is 7.11. The van der Waals surface area contributed by atoms with Gasteiger partial charge in [0.05, 0.1) is 7.11 Å². The molecule has 1 fully saturated rings. The minimum atomic E-state index is -1.63. The summed E-state index contributed by atoms with van der Waals surface area (Å²) < 4.78 is 16.4. The number of nitrogens with one attached hydrogen (secondary N) is 2. The van der Waals surface area contributed by atoms with E-state index < -0.39 is 51.9 Å². The predicted molar refractivity (Wildman–Crippen MR) is 248 cm³/mol. The number of amides is 2. The Bertz CT molecular complexity index is 2450. The lowest BCUT2D eigenvalue weighted by Crippen LogP contribution is -2.71. The standard InChI is InChI=1S/C48H48ClN5O8S2/c1-46(2,3)61-44(58)47(4,5)62-53-37(36-29-64-45(50-36)52-48(32-16-10-7-11-17-32,33-18-12-8-13-19-33)34-20-14-9-15-21-34)40(55)51-38-41(56)54-39(31(26-49)28-63-42(38)54)43(57)60-27-30-22-24-35(59-6)25-23-30/h7-25,29,38,42H,26-28H2,1-6H3,(H,50,52)(H,51,55)/b53-37-/t38-,42-/m1/s1. The van der Waals surface area contributed by atoms with E-state index in [1.54, 1.807) is 57.5 Å². The zero-order chi connectivity index (χ0) is 45.6. The van der Waals surface area contributed by atoms with Gasteiger partial charge in [-0.3, -0.25) is 14.5 Å². The van der Waals surface area contributed by atoms with Crippen molar-refractivity contribution >= 4 is 69.3 Å². The van der Waals surface area contributed by atoms with Gasteiger partial charge < -0.3 is 29.7 Å². The summed E-state index contributed by atoms with van der Waals surface area (Å²) in [6, 6.07) is 35.9. The molecular weight excluding hydrogens is 874 g/mol. The van der Waals surface area contributed by atoms with E-state index in [1.165, 1.54) is 41.8 Å². The first-order chi connectivity index (χ1) is 30.6. The number of thiazole rings is 1. The Kier molecular flexibility index (Phi) is 13.8. The van der Waals surface area contributed by atoms with Crippen LogP contribution in [0.15, 0.2) is 137 Å². The van der Waals surface area contributed by atoms with Crippen molar-refractivity contribution in [1.82, 2.24) is 15.2 Å². The van der Waals surface area contributed by atoms with Crippen LogP contribution >= 0.6 is 34.7 Å². The molecule has 2 aliphatic heterocycles. The van der Waals surface area contributed by atoms with Gasteiger partial charge in [0.2, 0.25) is 5.60 Å². The average molecular weight is 923 g/mol. The number of fused-ring (bicyclic) bond motifs is 1. The molecule has 1 aromatic heterocycles. The number of aromatic nitrogens is 1. The van der Waals surface area contributed by atoms with Crippen LogP contribution in [-0.2, 0) is 45.6 Å². The lowest BCUT2D eigenvalue weighted by Gasteiger charge is -2.49. The van der Waals surface area contributed by atoms with Gasteiger partial charge in [-0.2, -0.15) is 0 Å². The third-order valence-corrected chi connectivity index (χ3v) is 12.8. The lowest BCUT2D eigenvalue weighted by atomic mass is 9.77. The molecule has 7 rings (SSSR count). The molecule has 0 spiro atoms. The van der Waals surface area contributed by atoms with Gasteiger partial charge >= 0.3 is 11.9 Å². The number of ether oxygens (including phenoxy) is 3. The zero-order valence-electron chi connectivity index (χ0n) is 36.1. The molecule has 2 N–H and O–H groups in total. The second kappa shape index (κ2) is 19.3. The monoisotopic (exact) mass is 921 g/mol. The summed E-state index contributed by atoms with van der Waals surface area (Å²) >= 11 is 8.87. The van der Waals surface area contributed by atoms with E-state index in [2.05, 4.69) is 15.8 Å². The fraction of sp³-hybridized carbons (Fsp3) is 0.292. The maximum Gasteiger partial charge on any atom is 0.355 e. The molecule has 2 amide bonds. The number of thioether (sulfide) groups is 1. The second-order valence-corrected chi connectivity index (χ2v) is 18.7. The van der Waals surface area contributed by atoms with E-state index in [9.17, 15) is 19.2 Å². The normalized spacial score (nSPS) is 16.6. The number of nitrogens with zero attached hydrogens (tertiary/aromatic N) is 3. The molecule has 3 heterocycles. The van der Waals surface area contributed by atoms with Gasteiger partial charge in [0, 0.05) is 17.0 Å². The largest absolute Gasteiger partial charge is 0.497 e. The topological polar surface area (TPSA) is 158 Å². The van der Waals surface area contributed by atoms with Crippen LogP contribution in [0.1, 0.15) is 62.6 Å². The summed E-state index contributed by atoms with van der Waals surface area (Å²) in [5.74, 6) is -1.80. The van der Waals surface area contributed by atoms with Gasteiger partial charge in [-0.1, -0.05) is 108 Å². The number of benzene rings is 4. The van der Waals surface area contributed by atoms with E-state index in [0.29, 0.717) is 22.2 Å². The van der Waals surface area contributed by atoms with Crippen molar-refractivity contribution in [2.75, 3.05) is 24.1 Å². The number of esters is 2. The molecule has 1 saturated heterocycles. The fourth-order valence-corrected chi connectivity index (χ4v) is 9.54. The zero-order valence-corrected chi connectivity index (χ0v) is 38.5. The molecular formula is C48H48ClN5O8S2. The molecule has 2 atom stereocenters. The Hall–Kier alpha value is -6.16.